The van der Waals surface area contributed by atoms with Crippen molar-refractivity contribution in [3.8, 4) is 0 Å². The Morgan fingerprint density at radius 2 is 1.81 bits per heavy atom. The van der Waals surface area contributed by atoms with Crippen LogP contribution in [0.3, 0.4) is 0 Å². The highest BCUT2D eigenvalue weighted by Gasteiger charge is 2.24. The minimum atomic E-state index is 0.0711. The molecule has 1 aliphatic heterocycles. The smallest absolute Gasteiger partial charge is 0.225 e. The van der Waals surface area contributed by atoms with Gasteiger partial charge < -0.3 is 10.2 Å². The second-order valence-electron chi connectivity index (χ2n) is 6.77. The Bertz CT molecular complexity index is 868. The van der Waals surface area contributed by atoms with E-state index in [-0.39, 0.29) is 5.91 Å². The Morgan fingerprint density at radius 3 is 2.62 bits per heavy atom. The number of anilines is 1. The van der Waals surface area contributed by atoms with Crippen molar-refractivity contribution in [1.29, 1.82) is 0 Å². The number of nitrogens with zero attached hydrogens (tertiary/aromatic N) is 4. The molecule has 0 aliphatic carbocycles. The summed E-state index contributed by atoms with van der Waals surface area (Å²) in [7, 11) is 0. The molecular weight excluding hydrogens is 326 g/mol. The lowest BCUT2D eigenvalue weighted by Gasteiger charge is -2.30. The molecule has 4 rings (SSSR count). The summed E-state index contributed by atoms with van der Waals surface area (Å²) in [5.41, 5.74) is 1.76. The van der Waals surface area contributed by atoms with Crippen molar-refractivity contribution >= 4 is 17.2 Å². The van der Waals surface area contributed by atoms with Crippen molar-refractivity contribution < 1.29 is 4.79 Å². The highest BCUT2D eigenvalue weighted by atomic mass is 16.1. The normalized spacial score (nSPS) is 16.0. The van der Waals surface area contributed by atoms with E-state index in [1.54, 1.807) is 0 Å². The standard InChI is InChI=1S/C20H23N5O/c26-19(21-17-6-2-1-3-7-17)11-15-24-13-9-16(10-14-24)20-23-22-18-8-4-5-12-25(18)20/h1-8,12,16H,9-11,13-15H2,(H,21,26). The van der Waals surface area contributed by atoms with Gasteiger partial charge in [0.05, 0.1) is 0 Å². The second-order valence-corrected chi connectivity index (χ2v) is 6.77. The molecule has 1 aromatic carbocycles. The molecule has 3 heterocycles. The summed E-state index contributed by atoms with van der Waals surface area (Å²) < 4.78 is 2.09. The van der Waals surface area contributed by atoms with Gasteiger partial charge in [0, 0.05) is 30.8 Å². The third kappa shape index (κ3) is 3.75. The number of fused-ring (bicyclic) bond motifs is 1. The van der Waals surface area contributed by atoms with E-state index in [1.807, 2.05) is 54.7 Å². The summed E-state index contributed by atoms with van der Waals surface area (Å²) in [6.45, 7) is 2.78. The van der Waals surface area contributed by atoms with E-state index in [0.717, 1.165) is 49.6 Å². The highest BCUT2D eigenvalue weighted by Crippen LogP contribution is 2.27. The van der Waals surface area contributed by atoms with Gasteiger partial charge in [-0.15, -0.1) is 10.2 Å². The van der Waals surface area contributed by atoms with Crippen molar-refractivity contribution in [2.75, 3.05) is 25.0 Å². The lowest BCUT2D eigenvalue weighted by Crippen LogP contribution is -2.35. The number of para-hydroxylation sites is 1. The Kier molecular flexibility index (Phi) is 4.93. The Labute approximate surface area is 152 Å². The predicted molar refractivity (Wildman–Crippen MR) is 101 cm³/mol. The first-order valence-electron chi connectivity index (χ1n) is 9.16. The SMILES string of the molecule is O=C(CCN1CCC(c2nnc3ccccn23)CC1)Nc1ccccc1. The number of hydrogen-bond donors (Lipinski definition) is 1. The van der Waals surface area contributed by atoms with E-state index in [1.165, 1.54) is 0 Å². The largest absolute Gasteiger partial charge is 0.326 e. The van der Waals surface area contributed by atoms with Crippen LogP contribution in [0.4, 0.5) is 5.69 Å². The average molecular weight is 349 g/mol. The van der Waals surface area contributed by atoms with Crippen LogP contribution in [0, 0.1) is 0 Å². The summed E-state index contributed by atoms with van der Waals surface area (Å²) in [6, 6.07) is 15.6. The molecule has 6 heteroatoms. The number of nitrogens with one attached hydrogen (secondary N) is 1. The number of benzene rings is 1. The van der Waals surface area contributed by atoms with Crippen LogP contribution in [0.1, 0.15) is 31.0 Å². The third-order valence-electron chi connectivity index (χ3n) is 5.01. The van der Waals surface area contributed by atoms with Gasteiger partial charge in [0.2, 0.25) is 5.91 Å². The molecule has 26 heavy (non-hydrogen) atoms. The number of carbonyl (C=O) groups is 1. The van der Waals surface area contributed by atoms with E-state index in [0.29, 0.717) is 12.3 Å². The quantitative estimate of drug-likeness (QED) is 0.769. The van der Waals surface area contributed by atoms with Crippen LogP contribution >= 0.6 is 0 Å². The average Bonchev–Trinajstić information content (AvgIpc) is 3.12. The second kappa shape index (κ2) is 7.66. The third-order valence-corrected chi connectivity index (χ3v) is 5.01. The fourth-order valence-corrected chi connectivity index (χ4v) is 3.56. The minimum absolute atomic E-state index is 0.0711. The molecule has 2 aromatic heterocycles. The lowest BCUT2D eigenvalue weighted by molar-refractivity contribution is -0.116. The first-order chi connectivity index (χ1) is 12.8. The Morgan fingerprint density at radius 1 is 1.04 bits per heavy atom. The first kappa shape index (κ1) is 16.7. The van der Waals surface area contributed by atoms with E-state index in [2.05, 4.69) is 24.8 Å². The number of aromatic nitrogens is 3. The van der Waals surface area contributed by atoms with Crippen LogP contribution in [-0.4, -0.2) is 45.0 Å². The molecular formula is C20H23N5O. The summed E-state index contributed by atoms with van der Waals surface area (Å²) in [5, 5.41) is 11.6. The molecule has 1 N–H and O–H groups in total. The summed E-state index contributed by atoms with van der Waals surface area (Å²) in [5.74, 6) is 1.56. The molecule has 1 fully saturated rings. The minimum Gasteiger partial charge on any atom is -0.326 e. The van der Waals surface area contributed by atoms with Gasteiger partial charge in [-0.3, -0.25) is 9.20 Å². The number of rotatable bonds is 5. The zero-order chi connectivity index (χ0) is 17.8. The van der Waals surface area contributed by atoms with Gasteiger partial charge in [-0.2, -0.15) is 0 Å². The van der Waals surface area contributed by atoms with Crippen molar-refractivity contribution in [3.63, 3.8) is 0 Å². The lowest BCUT2D eigenvalue weighted by atomic mass is 9.96. The number of likely N-dealkylation sites (tertiary alicyclic amines) is 1. The zero-order valence-electron chi connectivity index (χ0n) is 14.7. The highest BCUT2D eigenvalue weighted by molar-refractivity contribution is 5.90. The fraction of sp³-hybridized carbons (Fsp3) is 0.350. The van der Waals surface area contributed by atoms with Crippen molar-refractivity contribution in [1.82, 2.24) is 19.5 Å². The number of amides is 1. The maximum atomic E-state index is 12.1. The maximum absolute atomic E-state index is 12.1. The molecule has 0 bridgehead atoms. The zero-order valence-corrected chi connectivity index (χ0v) is 14.7. The molecule has 0 unspecified atom stereocenters. The number of carbonyl (C=O) groups excluding carboxylic acids is 1. The molecule has 3 aromatic rings. The summed E-state index contributed by atoms with van der Waals surface area (Å²) >= 11 is 0. The van der Waals surface area contributed by atoms with Gasteiger partial charge in [0.1, 0.15) is 5.82 Å². The Hall–Kier alpha value is -2.73. The molecule has 0 atom stereocenters. The van der Waals surface area contributed by atoms with Crippen LogP contribution in [0.15, 0.2) is 54.7 Å². The topological polar surface area (TPSA) is 62.5 Å². The van der Waals surface area contributed by atoms with Crippen LogP contribution in [0.25, 0.3) is 5.65 Å². The number of pyridine rings is 1. The summed E-state index contributed by atoms with van der Waals surface area (Å²) in [6.07, 6.45) is 4.66. The molecule has 6 nitrogen and oxygen atoms in total. The van der Waals surface area contributed by atoms with Gasteiger partial charge in [0.25, 0.3) is 0 Å². The van der Waals surface area contributed by atoms with E-state index >= 15 is 0 Å². The van der Waals surface area contributed by atoms with Gasteiger partial charge in [-0.1, -0.05) is 24.3 Å². The molecule has 0 radical (unpaired) electrons. The first-order valence-corrected chi connectivity index (χ1v) is 9.16. The van der Waals surface area contributed by atoms with Crippen molar-refractivity contribution in [2.24, 2.45) is 0 Å². The van der Waals surface area contributed by atoms with Crippen LogP contribution in [-0.2, 0) is 4.79 Å². The van der Waals surface area contributed by atoms with Crippen LogP contribution < -0.4 is 5.32 Å². The molecule has 1 aliphatic rings. The fourth-order valence-electron chi connectivity index (χ4n) is 3.56. The number of piperidine rings is 1. The molecule has 0 saturated carbocycles. The Balaban J connectivity index is 1.27. The summed E-state index contributed by atoms with van der Waals surface area (Å²) in [4.78, 5) is 14.5. The van der Waals surface area contributed by atoms with E-state index in [9.17, 15) is 4.79 Å². The number of hydrogen-bond acceptors (Lipinski definition) is 4. The predicted octanol–water partition coefficient (Wildman–Crippen LogP) is 2.94. The monoisotopic (exact) mass is 349 g/mol. The van der Waals surface area contributed by atoms with Crippen LogP contribution in [0.2, 0.25) is 0 Å². The molecule has 0 spiro atoms. The van der Waals surface area contributed by atoms with Gasteiger partial charge in [-0.05, 0) is 50.2 Å². The van der Waals surface area contributed by atoms with Crippen molar-refractivity contribution in [2.45, 2.75) is 25.2 Å². The molecule has 134 valence electrons. The van der Waals surface area contributed by atoms with Gasteiger partial charge in [0.15, 0.2) is 5.65 Å². The maximum Gasteiger partial charge on any atom is 0.225 e. The molecule has 1 saturated heterocycles. The van der Waals surface area contributed by atoms with Gasteiger partial charge in [-0.25, -0.2) is 0 Å². The van der Waals surface area contributed by atoms with Gasteiger partial charge >= 0.3 is 0 Å². The van der Waals surface area contributed by atoms with E-state index in [4.69, 9.17) is 0 Å². The van der Waals surface area contributed by atoms with Crippen molar-refractivity contribution in [3.05, 3.63) is 60.6 Å². The van der Waals surface area contributed by atoms with Crippen LogP contribution in [0.5, 0.6) is 0 Å². The van der Waals surface area contributed by atoms with E-state index < -0.39 is 0 Å². The molecule has 1 amide bonds.